The van der Waals surface area contributed by atoms with Crippen molar-refractivity contribution in [3.63, 3.8) is 0 Å². The van der Waals surface area contributed by atoms with E-state index in [1.807, 2.05) is 23.1 Å². The molecule has 6 aromatic rings. The second kappa shape index (κ2) is 10.3. The Balaban J connectivity index is 1.19. The summed E-state index contributed by atoms with van der Waals surface area (Å²) in [5.41, 5.74) is 5.83. The van der Waals surface area contributed by atoms with Gasteiger partial charge in [-0.3, -0.25) is 9.69 Å². The molecular weight excluding hydrogens is 519 g/mol. The SMILES string of the molecule is O=C(c1ccc(F)cc1)N1CCN(Cc2c(-c3ccccc3)nc3ccc(-c4cc5ccccc5s4)cn23)CC1. The number of imidazole rings is 1. The van der Waals surface area contributed by atoms with Gasteiger partial charge in [-0.1, -0.05) is 48.5 Å². The summed E-state index contributed by atoms with van der Waals surface area (Å²) in [7, 11) is 0. The third-order valence-corrected chi connectivity index (χ3v) is 8.76. The normalized spacial score (nSPS) is 14.3. The molecule has 5 nitrogen and oxygen atoms in total. The van der Waals surface area contributed by atoms with Gasteiger partial charge in [0.2, 0.25) is 0 Å². The zero-order chi connectivity index (χ0) is 27.1. The maximum absolute atomic E-state index is 13.3. The van der Waals surface area contributed by atoms with Crippen molar-refractivity contribution in [3.05, 3.63) is 120 Å². The highest BCUT2D eigenvalue weighted by Crippen LogP contribution is 2.35. The van der Waals surface area contributed by atoms with Crippen LogP contribution in [0, 0.1) is 5.82 Å². The van der Waals surface area contributed by atoms with Crippen LogP contribution in [-0.2, 0) is 6.54 Å². The maximum atomic E-state index is 13.3. The maximum Gasteiger partial charge on any atom is 0.253 e. The molecule has 0 N–H and O–H groups in total. The first-order valence-corrected chi connectivity index (χ1v) is 14.3. The number of aromatic nitrogens is 2. The zero-order valence-electron chi connectivity index (χ0n) is 21.8. The van der Waals surface area contributed by atoms with E-state index in [1.54, 1.807) is 23.5 Å². The molecule has 1 amide bonds. The standard InChI is InChI=1S/C33H27FN4OS/c34-27-13-10-24(11-14-27)33(39)37-18-16-36(17-19-37)22-28-32(23-6-2-1-3-7-23)35-31-15-12-26(21-38(28)31)30-20-25-8-4-5-9-29(25)40-30/h1-15,20-21H,16-19,22H2. The Morgan fingerprint density at radius 2 is 1.57 bits per heavy atom. The minimum atomic E-state index is -0.334. The minimum Gasteiger partial charge on any atom is -0.336 e. The van der Waals surface area contributed by atoms with E-state index in [2.05, 4.69) is 70.1 Å². The summed E-state index contributed by atoms with van der Waals surface area (Å²) in [4.78, 5) is 23.5. The predicted octanol–water partition coefficient (Wildman–Crippen LogP) is 6.98. The number of rotatable bonds is 5. The molecule has 0 radical (unpaired) electrons. The number of carbonyl (C=O) groups is 1. The van der Waals surface area contributed by atoms with Gasteiger partial charge in [-0.2, -0.15) is 0 Å². The molecule has 0 atom stereocenters. The van der Waals surface area contributed by atoms with Gasteiger partial charge in [-0.15, -0.1) is 11.3 Å². The summed E-state index contributed by atoms with van der Waals surface area (Å²) in [6.07, 6.45) is 2.21. The first-order valence-electron chi connectivity index (χ1n) is 13.4. The van der Waals surface area contributed by atoms with E-state index in [0.29, 0.717) is 18.7 Å². The number of thiophene rings is 1. The van der Waals surface area contributed by atoms with Gasteiger partial charge in [-0.05, 0) is 53.9 Å². The minimum absolute atomic E-state index is 0.0487. The third kappa shape index (κ3) is 4.68. The highest BCUT2D eigenvalue weighted by atomic mass is 32.1. The molecule has 1 fully saturated rings. The van der Waals surface area contributed by atoms with Crippen LogP contribution in [0.25, 0.3) is 37.4 Å². The third-order valence-electron chi connectivity index (χ3n) is 7.60. The lowest BCUT2D eigenvalue weighted by Gasteiger charge is -2.34. The summed E-state index contributed by atoms with van der Waals surface area (Å²) in [6, 6.07) is 31.1. The quantitative estimate of drug-likeness (QED) is 0.234. The van der Waals surface area contributed by atoms with E-state index in [1.165, 1.54) is 32.7 Å². The fourth-order valence-electron chi connectivity index (χ4n) is 5.44. The van der Waals surface area contributed by atoms with Gasteiger partial charge in [0.15, 0.2) is 0 Å². The lowest BCUT2D eigenvalue weighted by molar-refractivity contribution is 0.0627. The Morgan fingerprint density at radius 1 is 0.825 bits per heavy atom. The van der Waals surface area contributed by atoms with Crippen LogP contribution in [0.5, 0.6) is 0 Å². The highest BCUT2D eigenvalue weighted by Gasteiger charge is 2.24. The average molecular weight is 547 g/mol. The zero-order valence-corrected chi connectivity index (χ0v) is 22.7. The van der Waals surface area contributed by atoms with Crippen molar-refractivity contribution in [2.24, 2.45) is 0 Å². The number of halogens is 1. The summed E-state index contributed by atoms with van der Waals surface area (Å²) in [5, 5.41) is 1.26. The van der Waals surface area contributed by atoms with E-state index >= 15 is 0 Å². The highest BCUT2D eigenvalue weighted by molar-refractivity contribution is 7.22. The Hall–Kier alpha value is -4.33. The molecule has 0 unspecified atom stereocenters. The van der Waals surface area contributed by atoms with Gasteiger partial charge in [0.1, 0.15) is 11.5 Å². The predicted molar refractivity (Wildman–Crippen MR) is 159 cm³/mol. The van der Waals surface area contributed by atoms with Crippen LogP contribution in [0.1, 0.15) is 16.1 Å². The van der Waals surface area contributed by atoms with Gasteiger partial charge in [0.05, 0.1) is 11.4 Å². The molecule has 1 aliphatic rings. The molecule has 7 heteroatoms. The molecule has 3 aromatic heterocycles. The smallest absolute Gasteiger partial charge is 0.253 e. The number of hydrogen-bond donors (Lipinski definition) is 0. The number of carbonyl (C=O) groups excluding carboxylic acids is 1. The molecule has 4 heterocycles. The molecular formula is C33H27FN4OS. The van der Waals surface area contributed by atoms with E-state index in [9.17, 15) is 9.18 Å². The number of hydrogen-bond acceptors (Lipinski definition) is 4. The second-order valence-corrected chi connectivity index (χ2v) is 11.2. The van der Waals surface area contributed by atoms with Gasteiger partial charge >= 0.3 is 0 Å². The first kappa shape index (κ1) is 24.7. The summed E-state index contributed by atoms with van der Waals surface area (Å²) in [6.45, 7) is 3.48. The fraction of sp³-hybridized carbons (Fsp3) is 0.152. The van der Waals surface area contributed by atoms with Gasteiger partial charge in [0.25, 0.3) is 5.91 Å². The van der Waals surface area contributed by atoms with Crippen LogP contribution in [0.2, 0.25) is 0 Å². The summed E-state index contributed by atoms with van der Waals surface area (Å²) in [5.74, 6) is -0.383. The number of fused-ring (bicyclic) bond motifs is 2. The van der Waals surface area contributed by atoms with Crippen molar-refractivity contribution in [2.45, 2.75) is 6.54 Å². The number of benzene rings is 3. The molecule has 198 valence electrons. The molecule has 1 aliphatic heterocycles. The average Bonchev–Trinajstić information content (AvgIpc) is 3.60. The van der Waals surface area contributed by atoms with Crippen LogP contribution < -0.4 is 0 Å². The Labute approximate surface area is 235 Å². The molecule has 0 spiro atoms. The van der Waals surface area contributed by atoms with Gasteiger partial charge in [0, 0.05) is 65.2 Å². The van der Waals surface area contributed by atoms with Crippen LogP contribution in [0.3, 0.4) is 0 Å². The number of nitrogens with zero attached hydrogens (tertiary/aromatic N) is 4. The molecule has 0 aliphatic carbocycles. The van der Waals surface area contributed by atoms with E-state index in [4.69, 9.17) is 4.98 Å². The Bertz CT molecular complexity index is 1790. The van der Waals surface area contributed by atoms with Crippen LogP contribution >= 0.6 is 11.3 Å². The van der Waals surface area contributed by atoms with Crippen molar-refractivity contribution in [1.82, 2.24) is 19.2 Å². The monoisotopic (exact) mass is 546 g/mol. The number of pyridine rings is 1. The Morgan fingerprint density at radius 3 is 2.35 bits per heavy atom. The topological polar surface area (TPSA) is 40.9 Å². The van der Waals surface area contributed by atoms with E-state index in [0.717, 1.165) is 42.2 Å². The van der Waals surface area contributed by atoms with Crippen LogP contribution in [-0.4, -0.2) is 51.3 Å². The lowest BCUT2D eigenvalue weighted by Crippen LogP contribution is -2.48. The van der Waals surface area contributed by atoms with Gasteiger partial charge in [-0.25, -0.2) is 9.37 Å². The summed E-state index contributed by atoms with van der Waals surface area (Å²) < 4.78 is 16.8. The fourth-order valence-corrected chi connectivity index (χ4v) is 6.49. The van der Waals surface area contributed by atoms with Crippen molar-refractivity contribution in [3.8, 4) is 21.7 Å². The molecule has 0 saturated carbocycles. The van der Waals surface area contributed by atoms with E-state index < -0.39 is 0 Å². The Kier molecular flexibility index (Phi) is 6.38. The van der Waals surface area contributed by atoms with Crippen LogP contribution in [0.15, 0.2) is 103 Å². The molecule has 1 saturated heterocycles. The molecule has 3 aromatic carbocycles. The second-order valence-electron chi connectivity index (χ2n) is 10.1. The first-order chi connectivity index (χ1) is 19.6. The number of piperazine rings is 1. The van der Waals surface area contributed by atoms with Crippen molar-refractivity contribution < 1.29 is 9.18 Å². The molecule has 7 rings (SSSR count). The lowest BCUT2D eigenvalue weighted by atomic mass is 10.1. The van der Waals surface area contributed by atoms with Crippen molar-refractivity contribution in [1.29, 1.82) is 0 Å². The molecule has 40 heavy (non-hydrogen) atoms. The number of amides is 1. The van der Waals surface area contributed by atoms with E-state index in [-0.39, 0.29) is 11.7 Å². The van der Waals surface area contributed by atoms with Crippen LogP contribution in [0.4, 0.5) is 4.39 Å². The van der Waals surface area contributed by atoms with Crippen molar-refractivity contribution >= 4 is 33.0 Å². The van der Waals surface area contributed by atoms with Gasteiger partial charge < -0.3 is 9.30 Å². The summed E-state index contributed by atoms with van der Waals surface area (Å²) >= 11 is 1.80. The van der Waals surface area contributed by atoms with Crippen molar-refractivity contribution in [2.75, 3.05) is 26.2 Å². The molecule has 0 bridgehead atoms. The largest absolute Gasteiger partial charge is 0.336 e.